The standard InChI is InChI=1S/C12H17BrN4O2S2/c1-14-3-2-4-17-8-12(7-15-17)21(18,19)16-6-11-5-10(13)9-20-11/h5,7-9,14,16H,2-4,6H2,1H3. The first-order valence-electron chi connectivity index (χ1n) is 6.41. The molecule has 0 saturated heterocycles. The fourth-order valence-corrected chi connectivity index (χ4v) is 4.16. The Morgan fingerprint density at radius 3 is 2.95 bits per heavy atom. The summed E-state index contributed by atoms with van der Waals surface area (Å²) in [7, 11) is -1.64. The van der Waals surface area contributed by atoms with Crippen molar-refractivity contribution >= 4 is 37.3 Å². The summed E-state index contributed by atoms with van der Waals surface area (Å²) in [5, 5.41) is 9.04. The summed E-state index contributed by atoms with van der Waals surface area (Å²) in [6.07, 6.45) is 3.84. The van der Waals surface area contributed by atoms with Gasteiger partial charge in [-0.15, -0.1) is 11.3 Å². The molecule has 2 aromatic heterocycles. The fraction of sp³-hybridized carbons (Fsp3) is 0.417. The Morgan fingerprint density at radius 1 is 1.48 bits per heavy atom. The molecule has 0 aliphatic heterocycles. The van der Waals surface area contributed by atoms with Gasteiger partial charge in [0.15, 0.2) is 0 Å². The minimum absolute atomic E-state index is 0.197. The zero-order chi connectivity index (χ0) is 15.3. The molecule has 0 unspecified atom stereocenters. The van der Waals surface area contributed by atoms with Crippen molar-refractivity contribution in [2.45, 2.75) is 24.4 Å². The summed E-state index contributed by atoms with van der Waals surface area (Å²) in [5.74, 6) is 0. The van der Waals surface area contributed by atoms with Crippen LogP contribution in [0, 0.1) is 0 Å². The normalized spacial score (nSPS) is 11.9. The number of halogens is 1. The topological polar surface area (TPSA) is 76.0 Å². The monoisotopic (exact) mass is 392 g/mol. The van der Waals surface area contributed by atoms with Crippen LogP contribution in [0.4, 0.5) is 0 Å². The first kappa shape index (κ1) is 16.6. The highest BCUT2D eigenvalue weighted by Crippen LogP contribution is 2.20. The third kappa shape index (κ3) is 4.89. The first-order chi connectivity index (χ1) is 10.0. The lowest BCUT2D eigenvalue weighted by Crippen LogP contribution is -2.22. The average Bonchev–Trinajstić information content (AvgIpc) is 3.06. The van der Waals surface area contributed by atoms with Gasteiger partial charge in [-0.1, -0.05) is 0 Å². The SMILES string of the molecule is CNCCCn1cc(S(=O)(=O)NCc2cc(Br)cs2)cn1. The van der Waals surface area contributed by atoms with E-state index in [1.54, 1.807) is 10.9 Å². The fourth-order valence-electron chi connectivity index (χ4n) is 1.72. The number of thiophene rings is 1. The number of hydrogen-bond donors (Lipinski definition) is 2. The number of hydrogen-bond acceptors (Lipinski definition) is 5. The van der Waals surface area contributed by atoms with Crippen LogP contribution in [0.25, 0.3) is 0 Å². The maximum absolute atomic E-state index is 12.2. The third-order valence-electron chi connectivity index (χ3n) is 2.79. The highest BCUT2D eigenvalue weighted by atomic mass is 79.9. The van der Waals surface area contributed by atoms with Gasteiger partial charge in [0.25, 0.3) is 0 Å². The molecule has 0 aliphatic rings. The van der Waals surface area contributed by atoms with Crippen LogP contribution in [-0.2, 0) is 23.1 Å². The third-order valence-corrected chi connectivity index (χ3v) is 5.85. The number of nitrogens with one attached hydrogen (secondary N) is 2. The van der Waals surface area contributed by atoms with Crippen molar-refractivity contribution in [3.63, 3.8) is 0 Å². The zero-order valence-corrected chi connectivity index (χ0v) is 14.8. The van der Waals surface area contributed by atoms with Crippen LogP contribution in [-0.4, -0.2) is 31.8 Å². The van der Waals surface area contributed by atoms with Gasteiger partial charge in [-0.05, 0) is 42.0 Å². The van der Waals surface area contributed by atoms with Gasteiger partial charge in [-0.25, -0.2) is 13.1 Å². The van der Waals surface area contributed by atoms with Gasteiger partial charge in [0, 0.05) is 34.0 Å². The quantitative estimate of drug-likeness (QED) is 0.671. The lowest BCUT2D eigenvalue weighted by atomic mass is 10.4. The summed E-state index contributed by atoms with van der Waals surface area (Å²) < 4.78 is 29.5. The number of rotatable bonds is 8. The molecular formula is C12H17BrN4O2S2. The average molecular weight is 393 g/mol. The Balaban J connectivity index is 1.95. The van der Waals surface area contributed by atoms with Gasteiger partial charge in [0.1, 0.15) is 4.90 Å². The van der Waals surface area contributed by atoms with Gasteiger partial charge >= 0.3 is 0 Å². The molecule has 0 atom stereocenters. The van der Waals surface area contributed by atoms with Crippen LogP contribution in [0.1, 0.15) is 11.3 Å². The second kappa shape index (κ2) is 7.50. The summed E-state index contributed by atoms with van der Waals surface area (Å²) in [5.41, 5.74) is 0. The van der Waals surface area contributed by atoms with E-state index in [2.05, 4.69) is 31.1 Å². The van der Waals surface area contributed by atoms with E-state index in [1.807, 2.05) is 18.5 Å². The molecule has 6 nitrogen and oxygen atoms in total. The smallest absolute Gasteiger partial charge is 0.244 e. The number of aryl methyl sites for hydroxylation is 1. The van der Waals surface area contributed by atoms with Gasteiger partial charge in [-0.3, -0.25) is 4.68 Å². The van der Waals surface area contributed by atoms with Crippen molar-refractivity contribution in [3.8, 4) is 0 Å². The lowest BCUT2D eigenvalue weighted by molar-refractivity contribution is 0.560. The van der Waals surface area contributed by atoms with Crippen LogP contribution in [0.3, 0.4) is 0 Å². The molecule has 0 aliphatic carbocycles. The summed E-state index contributed by atoms with van der Waals surface area (Å²) >= 11 is 4.85. The second-order valence-electron chi connectivity index (χ2n) is 4.45. The Labute approximate surface area is 136 Å². The van der Waals surface area contributed by atoms with E-state index in [-0.39, 0.29) is 11.4 Å². The molecule has 0 amide bonds. The molecule has 2 rings (SSSR count). The Morgan fingerprint density at radius 2 is 2.29 bits per heavy atom. The minimum atomic E-state index is -3.52. The van der Waals surface area contributed by atoms with Gasteiger partial charge in [0.05, 0.1) is 6.20 Å². The molecule has 116 valence electrons. The molecule has 0 saturated carbocycles. The predicted molar refractivity (Wildman–Crippen MR) is 86.8 cm³/mol. The van der Waals surface area contributed by atoms with Crippen molar-refractivity contribution in [1.29, 1.82) is 0 Å². The van der Waals surface area contributed by atoms with E-state index < -0.39 is 10.0 Å². The Bertz CT molecular complexity index is 681. The van der Waals surface area contributed by atoms with Crippen molar-refractivity contribution in [2.24, 2.45) is 0 Å². The molecular weight excluding hydrogens is 376 g/mol. The Kier molecular flexibility index (Phi) is 5.94. The molecule has 2 heterocycles. The molecule has 0 radical (unpaired) electrons. The van der Waals surface area contributed by atoms with Crippen LogP contribution >= 0.6 is 27.3 Å². The van der Waals surface area contributed by atoms with E-state index in [4.69, 9.17) is 0 Å². The van der Waals surface area contributed by atoms with Crippen molar-refractivity contribution in [3.05, 3.63) is 33.2 Å². The van der Waals surface area contributed by atoms with Crippen LogP contribution < -0.4 is 10.0 Å². The van der Waals surface area contributed by atoms with E-state index in [1.165, 1.54) is 17.5 Å². The zero-order valence-electron chi connectivity index (χ0n) is 11.5. The number of aromatic nitrogens is 2. The summed E-state index contributed by atoms with van der Waals surface area (Å²) in [6, 6.07) is 1.90. The van der Waals surface area contributed by atoms with Crippen molar-refractivity contribution in [1.82, 2.24) is 19.8 Å². The predicted octanol–water partition coefficient (Wildman–Crippen LogP) is 1.80. The molecule has 0 bridgehead atoms. The highest BCUT2D eigenvalue weighted by molar-refractivity contribution is 9.10. The molecule has 0 aromatic carbocycles. The van der Waals surface area contributed by atoms with Gasteiger partial charge in [-0.2, -0.15) is 5.10 Å². The maximum atomic E-state index is 12.2. The highest BCUT2D eigenvalue weighted by Gasteiger charge is 2.16. The van der Waals surface area contributed by atoms with E-state index in [9.17, 15) is 8.42 Å². The van der Waals surface area contributed by atoms with Crippen LogP contribution in [0.2, 0.25) is 0 Å². The Hall–Kier alpha value is -0.740. The molecule has 0 spiro atoms. The number of nitrogens with zero attached hydrogens (tertiary/aromatic N) is 2. The maximum Gasteiger partial charge on any atom is 0.244 e. The van der Waals surface area contributed by atoms with E-state index >= 15 is 0 Å². The minimum Gasteiger partial charge on any atom is -0.320 e. The van der Waals surface area contributed by atoms with E-state index in [0.29, 0.717) is 6.54 Å². The number of sulfonamides is 1. The first-order valence-corrected chi connectivity index (χ1v) is 9.56. The molecule has 2 N–H and O–H groups in total. The molecule has 21 heavy (non-hydrogen) atoms. The van der Waals surface area contributed by atoms with Gasteiger partial charge < -0.3 is 5.32 Å². The largest absolute Gasteiger partial charge is 0.320 e. The molecule has 2 aromatic rings. The molecule has 9 heteroatoms. The molecule has 0 fully saturated rings. The van der Waals surface area contributed by atoms with Gasteiger partial charge in [0.2, 0.25) is 10.0 Å². The lowest BCUT2D eigenvalue weighted by Gasteiger charge is -2.03. The van der Waals surface area contributed by atoms with Crippen molar-refractivity contribution < 1.29 is 8.42 Å². The van der Waals surface area contributed by atoms with Crippen LogP contribution in [0.15, 0.2) is 33.2 Å². The summed E-state index contributed by atoms with van der Waals surface area (Å²) in [4.78, 5) is 1.15. The van der Waals surface area contributed by atoms with Crippen molar-refractivity contribution in [2.75, 3.05) is 13.6 Å². The second-order valence-corrected chi connectivity index (χ2v) is 8.13. The summed E-state index contributed by atoms with van der Waals surface area (Å²) in [6.45, 7) is 1.84. The van der Waals surface area contributed by atoms with Crippen LogP contribution in [0.5, 0.6) is 0 Å². The van der Waals surface area contributed by atoms with E-state index in [0.717, 1.165) is 22.3 Å².